The van der Waals surface area contributed by atoms with Crippen LogP contribution >= 0.6 is 0 Å². The van der Waals surface area contributed by atoms with Gasteiger partial charge >= 0.3 is 0 Å². The van der Waals surface area contributed by atoms with Crippen molar-refractivity contribution >= 4 is 11.6 Å². The topological polar surface area (TPSA) is 32.3 Å². The summed E-state index contributed by atoms with van der Waals surface area (Å²) in [6, 6.07) is 8.34. The van der Waals surface area contributed by atoms with Gasteiger partial charge in [-0.05, 0) is 30.9 Å². The summed E-state index contributed by atoms with van der Waals surface area (Å²) in [5, 5.41) is 3.17. The van der Waals surface area contributed by atoms with Crippen LogP contribution in [-0.4, -0.2) is 25.5 Å². The minimum absolute atomic E-state index is 0.196. The van der Waals surface area contributed by atoms with E-state index in [1.165, 1.54) is 12.0 Å². The van der Waals surface area contributed by atoms with Crippen LogP contribution in [0.4, 0.5) is 5.69 Å². The van der Waals surface area contributed by atoms with Gasteiger partial charge in [-0.15, -0.1) is 0 Å². The van der Waals surface area contributed by atoms with Crippen LogP contribution in [0.1, 0.15) is 18.4 Å². The Morgan fingerprint density at radius 3 is 2.82 bits per heavy atom. The minimum Gasteiger partial charge on any atom is -0.315 e. The Morgan fingerprint density at radius 2 is 2.06 bits per heavy atom. The molecule has 1 fully saturated rings. The second kappa shape index (κ2) is 4.49. The molecule has 2 aliphatic rings. The molecule has 0 unspecified atom stereocenters. The summed E-state index contributed by atoms with van der Waals surface area (Å²) in [4.78, 5) is 14.4. The van der Waals surface area contributed by atoms with Gasteiger partial charge in [0.15, 0.2) is 0 Å². The van der Waals surface area contributed by atoms with Crippen LogP contribution in [0.5, 0.6) is 0 Å². The summed E-state index contributed by atoms with van der Waals surface area (Å²) < 4.78 is 0. The molecule has 0 radical (unpaired) electrons. The molecule has 1 saturated heterocycles. The Hall–Kier alpha value is -1.35. The van der Waals surface area contributed by atoms with Crippen LogP contribution in [0.3, 0.4) is 0 Å². The SMILES string of the molecule is O=C(C1CNC1)N1CCCCc2ccccc21. The second-order valence-electron chi connectivity index (χ2n) is 4.93. The lowest BCUT2D eigenvalue weighted by Gasteiger charge is -2.32. The van der Waals surface area contributed by atoms with Crippen molar-refractivity contribution in [2.75, 3.05) is 24.5 Å². The van der Waals surface area contributed by atoms with Crippen LogP contribution in [0.2, 0.25) is 0 Å². The lowest BCUT2D eigenvalue weighted by atomic mass is 10.0. The van der Waals surface area contributed by atoms with E-state index in [2.05, 4.69) is 23.5 Å². The summed E-state index contributed by atoms with van der Waals surface area (Å²) in [5.41, 5.74) is 2.47. The molecule has 0 aromatic heterocycles. The second-order valence-corrected chi connectivity index (χ2v) is 4.93. The Bertz CT molecular complexity index is 426. The first kappa shape index (κ1) is 10.8. The van der Waals surface area contributed by atoms with Crippen LogP contribution < -0.4 is 10.2 Å². The van der Waals surface area contributed by atoms with E-state index < -0.39 is 0 Å². The van der Waals surface area contributed by atoms with Gasteiger partial charge in [-0.2, -0.15) is 0 Å². The van der Waals surface area contributed by atoms with E-state index in [0.29, 0.717) is 5.91 Å². The number of amides is 1. The number of para-hydroxylation sites is 1. The maximum Gasteiger partial charge on any atom is 0.232 e. The zero-order valence-electron chi connectivity index (χ0n) is 9.98. The molecule has 0 atom stereocenters. The smallest absolute Gasteiger partial charge is 0.232 e. The third kappa shape index (κ3) is 1.95. The number of rotatable bonds is 1. The first-order valence-electron chi connectivity index (χ1n) is 6.46. The average molecular weight is 230 g/mol. The molecule has 17 heavy (non-hydrogen) atoms. The fourth-order valence-electron chi connectivity index (χ4n) is 2.60. The fraction of sp³-hybridized carbons (Fsp3) is 0.500. The zero-order chi connectivity index (χ0) is 11.7. The molecule has 1 aromatic carbocycles. The first-order valence-corrected chi connectivity index (χ1v) is 6.46. The maximum atomic E-state index is 12.4. The molecular formula is C14H18N2O. The number of carbonyl (C=O) groups is 1. The molecule has 1 amide bonds. The molecule has 0 aliphatic carbocycles. The van der Waals surface area contributed by atoms with Crippen LogP contribution in [-0.2, 0) is 11.2 Å². The number of carbonyl (C=O) groups excluding carboxylic acids is 1. The Balaban J connectivity index is 1.90. The lowest BCUT2D eigenvalue weighted by molar-refractivity contribution is -0.123. The zero-order valence-corrected chi connectivity index (χ0v) is 9.98. The molecular weight excluding hydrogens is 212 g/mol. The molecule has 0 saturated carbocycles. The van der Waals surface area contributed by atoms with Crippen molar-refractivity contribution in [3.05, 3.63) is 29.8 Å². The minimum atomic E-state index is 0.196. The molecule has 2 aliphatic heterocycles. The van der Waals surface area contributed by atoms with E-state index in [4.69, 9.17) is 0 Å². The quantitative estimate of drug-likeness (QED) is 0.794. The number of hydrogen-bond acceptors (Lipinski definition) is 2. The van der Waals surface area contributed by atoms with Crippen LogP contribution in [0.15, 0.2) is 24.3 Å². The highest BCUT2D eigenvalue weighted by molar-refractivity contribution is 5.96. The highest BCUT2D eigenvalue weighted by Crippen LogP contribution is 2.27. The van der Waals surface area contributed by atoms with E-state index in [-0.39, 0.29) is 5.92 Å². The molecule has 3 heteroatoms. The molecule has 0 bridgehead atoms. The van der Waals surface area contributed by atoms with Gasteiger partial charge in [-0.3, -0.25) is 4.79 Å². The number of nitrogens with one attached hydrogen (secondary N) is 1. The van der Waals surface area contributed by atoms with Crippen LogP contribution in [0.25, 0.3) is 0 Å². The predicted octanol–water partition coefficient (Wildman–Crippen LogP) is 1.58. The number of anilines is 1. The summed E-state index contributed by atoms with van der Waals surface area (Å²) in [6.07, 6.45) is 3.40. The van der Waals surface area contributed by atoms with E-state index >= 15 is 0 Å². The normalized spacial score (nSPS) is 20.4. The van der Waals surface area contributed by atoms with Gasteiger partial charge in [0.05, 0.1) is 5.92 Å². The monoisotopic (exact) mass is 230 g/mol. The van der Waals surface area contributed by atoms with E-state index in [0.717, 1.165) is 38.2 Å². The number of fused-ring (bicyclic) bond motifs is 1. The van der Waals surface area contributed by atoms with Crippen molar-refractivity contribution in [2.24, 2.45) is 5.92 Å². The lowest BCUT2D eigenvalue weighted by Crippen LogP contribution is -2.52. The fourth-order valence-corrected chi connectivity index (χ4v) is 2.60. The Labute approximate surface area is 102 Å². The third-order valence-electron chi connectivity index (χ3n) is 3.76. The summed E-state index contributed by atoms with van der Waals surface area (Å²) in [6.45, 7) is 2.57. The highest BCUT2D eigenvalue weighted by Gasteiger charge is 2.31. The van der Waals surface area contributed by atoms with Gasteiger partial charge in [-0.1, -0.05) is 18.2 Å². The maximum absolute atomic E-state index is 12.4. The third-order valence-corrected chi connectivity index (χ3v) is 3.76. The van der Waals surface area contributed by atoms with Gasteiger partial charge in [0.2, 0.25) is 5.91 Å². The summed E-state index contributed by atoms with van der Waals surface area (Å²) in [5.74, 6) is 0.499. The largest absolute Gasteiger partial charge is 0.315 e. The number of aryl methyl sites for hydroxylation is 1. The first-order chi connectivity index (χ1) is 8.36. The van der Waals surface area contributed by atoms with E-state index in [9.17, 15) is 4.79 Å². The molecule has 2 heterocycles. The molecule has 1 aromatic rings. The van der Waals surface area contributed by atoms with E-state index in [1.54, 1.807) is 0 Å². The van der Waals surface area contributed by atoms with Gasteiger partial charge in [0.1, 0.15) is 0 Å². The molecule has 3 rings (SSSR count). The van der Waals surface area contributed by atoms with Crippen molar-refractivity contribution in [2.45, 2.75) is 19.3 Å². The predicted molar refractivity (Wildman–Crippen MR) is 68.1 cm³/mol. The summed E-state index contributed by atoms with van der Waals surface area (Å²) >= 11 is 0. The van der Waals surface area contributed by atoms with Gasteiger partial charge in [0, 0.05) is 25.3 Å². The van der Waals surface area contributed by atoms with Crippen molar-refractivity contribution in [3.63, 3.8) is 0 Å². The number of benzene rings is 1. The van der Waals surface area contributed by atoms with Gasteiger partial charge < -0.3 is 10.2 Å². The van der Waals surface area contributed by atoms with E-state index in [1.807, 2.05) is 11.0 Å². The Kier molecular flexibility index (Phi) is 2.85. The molecule has 0 spiro atoms. The average Bonchev–Trinajstić information content (AvgIpc) is 2.48. The van der Waals surface area contributed by atoms with Crippen LogP contribution in [0, 0.1) is 5.92 Å². The van der Waals surface area contributed by atoms with Gasteiger partial charge in [-0.25, -0.2) is 0 Å². The van der Waals surface area contributed by atoms with Gasteiger partial charge in [0.25, 0.3) is 0 Å². The number of hydrogen-bond donors (Lipinski definition) is 1. The van der Waals surface area contributed by atoms with Crippen molar-refractivity contribution in [3.8, 4) is 0 Å². The standard InChI is InChI=1S/C14H18N2O/c17-14(12-9-15-10-12)16-8-4-3-6-11-5-1-2-7-13(11)16/h1-2,5,7,12,15H,3-4,6,8-10H2. The van der Waals surface area contributed by atoms with Crippen molar-refractivity contribution < 1.29 is 4.79 Å². The molecule has 1 N–H and O–H groups in total. The number of nitrogens with zero attached hydrogens (tertiary/aromatic N) is 1. The highest BCUT2D eigenvalue weighted by atomic mass is 16.2. The van der Waals surface area contributed by atoms with Crippen molar-refractivity contribution in [1.29, 1.82) is 0 Å². The molecule has 3 nitrogen and oxygen atoms in total. The van der Waals surface area contributed by atoms with Crippen molar-refractivity contribution in [1.82, 2.24) is 5.32 Å². The summed E-state index contributed by atoms with van der Waals surface area (Å²) in [7, 11) is 0. The Morgan fingerprint density at radius 1 is 1.24 bits per heavy atom. The molecule has 90 valence electrons.